The van der Waals surface area contributed by atoms with E-state index >= 15 is 4.39 Å². The molecule has 218 valence electrons. The van der Waals surface area contributed by atoms with Crippen LogP contribution >= 0.6 is 11.6 Å². The lowest BCUT2D eigenvalue weighted by Gasteiger charge is -2.31. The van der Waals surface area contributed by atoms with Crippen LogP contribution in [0.4, 0.5) is 4.39 Å². The number of rotatable bonds is 6. The molecular weight excluding hydrogens is 607 g/mol. The van der Waals surface area contributed by atoms with E-state index in [9.17, 15) is 26.4 Å². The van der Waals surface area contributed by atoms with Crippen LogP contribution < -0.4 is 10.6 Å². The second kappa shape index (κ2) is 11.3. The number of hydrogen-bond donors (Lipinski definition) is 2. The first kappa shape index (κ1) is 29.5. The number of sulfone groups is 2. The summed E-state index contributed by atoms with van der Waals surface area (Å²) in [7, 11) is -8.79. The van der Waals surface area contributed by atoms with E-state index < -0.39 is 63.7 Å². The summed E-state index contributed by atoms with van der Waals surface area (Å²) in [5.74, 6) is -4.67. The zero-order chi connectivity index (χ0) is 30.2. The molecule has 0 fully saturated rings. The van der Waals surface area contributed by atoms with Gasteiger partial charge in [0.05, 0.1) is 38.5 Å². The minimum absolute atomic E-state index is 0.0627. The lowest BCUT2D eigenvalue weighted by atomic mass is 9.86. The molecule has 1 amide bonds. The van der Waals surface area contributed by atoms with Crippen molar-refractivity contribution in [3.8, 4) is 0 Å². The SMILES string of the molecule is CC1=C(C(=O)OCCNC(=O)c2ccccc2)C(c2c(F)cccc2Cl)C2=C(CS(=O)(=O)c3ccccc3S2(=O)=O)N1. The summed E-state index contributed by atoms with van der Waals surface area (Å²) < 4.78 is 75.7. The zero-order valence-corrected chi connectivity index (χ0v) is 24.4. The molecule has 0 saturated heterocycles. The Morgan fingerprint density at radius 3 is 2.33 bits per heavy atom. The van der Waals surface area contributed by atoms with Crippen LogP contribution in [-0.2, 0) is 29.2 Å². The number of ether oxygens (including phenoxy) is 1. The molecule has 3 aromatic carbocycles. The van der Waals surface area contributed by atoms with Crippen LogP contribution in [0.5, 0.6) is 0 Å². The number of benzene rings is 3. The molecule has 0 aliphatic carbocycles. The summed E-state index contributed by atoms with van der Waals surface area (Å²) in [6.07, 6.45) is 0. The average Bonchev–Trinajstić information content (AvgIpc) is 3.01. The highest BCUT2D eigenvalue weighted by Gasteiger charge is 2.47. The molecule has 0 bridgehead atoms. The Bertz CT molecular complexity index is 1870. The summed E-state index contributed by atoms with van der Waals surface area (Å²) in [6.45, 7) is 1.07. The van der Waals surface area contributed by atoms with E-state index in [1.165, 1.54) is 37.3 Å². The maximum atomic E-state index is 15.5. The number of carbonyl (C=O) groups excluding carboxylic acids is 2. The number of carbonyl (C=O) groups is 2. The monoisotopic (exact) mass is 630 g/mol. The molecule has 3 aromatic rings. The topological polar surface area (TPSA) is 136 Å². The third kappa shape index (κ3) is 5.33. The normalized spacial score (nSPS) is 18.7. The van der Waals surface area contributed by atoms with Gasteiger partial charge in [-0.2, -0.15) is 0 Å². The third-order valence-corrected chi connectivity index (χ3v) is 11.0. The fourth-order valence-corrected chi connectivity index (χ4v) is 9.35. The van der Waals surface area contributed by atoms with Gasteiger partial charge in [-0.15, -0.1) is 0 Å². The van der Waals surface area contributed by atoms with E-state index in [0.29, 0.717) is 5.56 Å². The number of allylic oxidation sites excluding steroid dienone is 2. The van der Waals surface area contributed by atoms with E-state index in [1.54, 1.807) is 30.3 Å². The minimum Gasteiger partial charge on any atom is -0.460 e. The first-order chi connectivity index (χ1) is 19.9. The molecule has 0 aromatic heterocycles. The van der Waals surface area contributed by atoms with E-state index in [0.717, 1.165) is 12.1 Å². The third-order valence-electron chi connectivity index (χ3n) is 6.85. The van der Waals surface area contributed by atoms with Crippen LogP contribution in [0.3, 0.4) is 0 Å². The number of dihydropyridines is 1. The molecule has 0 spiro atoms. The average molecular weight is 631 g/mol. The highest BCUT2D eigenvalue weighted by atomic mass is 35.5. The Morgan fingerprint density at radius 1 is 0.976 bits per heavy atom. The van der Waals surface area contributed by atoms with E-state index in [4.69, 9.17) is 16.3 Å². The molecule has 2 heterocycles. The van der Waals surface area contributed by atoms with Gasteiger partial charge in [-0.1, -0.05) is 48.0 Å². The Kier molecular flexibility index (Phi) is 7.97. The number of fused-ring (bicyclic) bond motifs is 1. The van der Waals surface area contributed by atoms with E-state index in [1.807, 2.05) is 0 Å². The molecule has 2 N–H and O–H groups in total. The maximum Gasteiger partial charge on any atom is 0.336 e. The van der Waals surface area contributed by atoms with E-state index in [-0.39, 0.29) is 40.7 Å². The van der Waals surface area contributed by atoms with Gasteiger partial charge in [0.1, 0.15) is 12.4 Å². The second-order valence-electron chi connectivity index (χ2n) is 9.54. The maximum absolute atomic E-state index is 15.5. The Hall–Kier alpha value is -4.00. The van der Waals surface area contributed by atoms with Crippen molar-refractivity contribution in [1.82, 2.24) is 10.6 Å². The predicted octanol–water partition coefficient (Wildman–Crippen LogP) is 3.89. The summed E-state index contributed by atoms with van der Waals surface area (Å²) >= 11 is 6.40. The van der Waals surface area contributed by atoms with Crippen molar-refractivity contribution in [2.24, 2.45) is 0 Å². The van der Waals surface area contributed by atoms with Gasteiger partial charge in [0, 0.05) is 27.5 Å². The molecule has 1 unspecified atom stereocenters. The summed E-state index contributed by atoms with van der Waals surface area (Å²) in [5, 5.41) is 5.22. The van der Waals surface area contributed by atoms with Crippen molar-refractivity contribution in [3.05, 3.63) is 117 Å². The molecule has 1 atom stereocenters. The molecule has 5 rings (SSSR count). The Labute approximate surface area is 246 Å². The quantitative estimate of drug-likeness (QED) is 0.309. The largest absolute Gasteiger partial charge is 0.460 e. The van der Waals surface area contributed by atoms with Crippen LogP contribution in [0.15, 0.2) is 104 Å². The van der Waals surface area contributed by atoms with Crippen molar-refractivity contribution in [1.29, 1.82) is 0 Å². The van der Waals surface area contributed by atoms with Gasteiger partial charge < -0.3 is 15.4 Å². The molecule has 0 radical (unpaired) electrons. The smallest absolute Gasteiger partial charge is 0.336 e. The first-order valence-corrected chi connectivity index (χ1v) is 16.2. The molecule has 0 saturated carbocycles. The Morgan fingerprint density at radius 2 is 1.64 bits per heavy atom. The zero-order valence-electron chi connectivity index (χ0n) is 22.1. The summed E-state index contributed by atoms with van der Waals surface area (Å²) in [5.41, 5.74) is -0.346. The van der Waals surface area contributed by atoms with Crippen LogP contribution in [0, 0.1) is 5.82 Å². The van der Waals surface area contributed by atoms with Crippen LogP contribution in [0.25, 0.3) is 0 Å². The highest BCUT2D eigenvalue weighted by molar-refractivity contribution is 7.97. The number of hydrogen-bond acceptors (Lipinski definition) is 8. The molecule has 2 aliphatic rings. The predicted molar refractivity (Wildman–Crippen MR) is 152 cm³/mol. The fraction of sp³-hybridized carbons (Fsp3) is 0.172. The van der Waals surface area contributed by atoms with Gasteiger partial charge in [0.25, 0.3) is 5.91 Å². The van der Waals surface area contributed by atoms with Crippen molar-refractivity contribution in [2.45, 2.75) is 22.6 Å². The van der Waals surface area contributed by atoms with Crippen molar-refractivity contribution >= 4 is 43.2 Å². The fourth-order valence-electron chi connectivity index (χ4n) is 5.03. The second-order valence-corrected chi connectivity index (χ2v) is 13.8. The van der Waals surface area contributed by atoms with Crippen LogP contribution in [0.1, 0.15) is 28.8 Å². The molecule has 13 heteroatoms. The van der Waals surface area contributed by atoms with Gasteiger partial charge in [0.15, 0.2) is 9.84 Å². The summed E-state index contributed by atoms with van der Waals surface area (Å²) in [6, 6.07) is 17.2. The van der Waals surface area contributed by atoms with Gasteiger partial charge in [-0.05, 0) is 43.3 Å². The molecular formula is C29H24ClFN2O7S2. The molecule has 2 aliphatic heterocycles. The molecule has 42 heavy (non-hydrogen) atoms. The van der Waals surface area contributed by atoms with Gasteiger partial charge in [-0.3, -0.25) is 4.79 Å². The highest BCUT2D eigenvalue weighted by Crippen LogP contribution is 2.48. The van der Waals surface area contributed by atoms with Gasteiger partial charge in [-0.25, -0.2) is 26.0 Å². The lowest BCUT2D eigenvalue weighted by molar-refractivity contribution is -0.139. The van der Waals surface area contributed by atoms with Crippen molar-refractivity contribution in [2.75, 3.05) is 18.9 Å². The standard InChI is InChI=1S/C29H24ClFN2O7S2/c1-17-24(29(35)40-15-14-32-28(34)18-8-3-2-4-9-18)26(25-19(30)10-7-11-20(25)31)27-21(33-17)16-41(36,37)22-12-5-6-13-23(22)42(27,38)39/h2-13,26,33H,14-16H2,1H3,(H,32,34). The van der Waals surface area contributed by atoms with E-state index in [2.05, 4.69) is 10.6 Å². The van der Waals surface area contributed by atoms with Crippen LogP contribution in [0.2, 0.25) is 5.02 Å². The molecule has 9 nitrogen and oxygen atoms in total. The Balaban J connectivity index is 1.55. The minimum atomic E-state index is -4.62. The van der Waals surface area contributed by atoms with Crippen LogP contribution in [-0.4, -0.2) is 47.6 Å². The van der Waals surface area contributed by atoms with Gasteiger partial charge in [0.2, 0.25) is 9.84 Å². The number of nitrogens with one attached hydrogen (secondary N) is 2. The van der Waals surface area contributed by atoms with Crippen molar-refractivity contribution in [3.63, 3.8) is 0 Å². The number of amides is 1. The first-order valence-electron chi connectivity index (χ1n) is 12.7. The van der Waals surface area contributed by atoms with Gasteiger partial charge >= 0.3 is 5.97 Å². The van der Waals surface area contributed by atoms with Crippen molar-refractivity contribution < 1.29 is 35.6 Å². The number of esters is 1. The summed E-state index contributed by atoms with van der Waals surface area (Å²) in [4.78, 5) is 24.4. The number of halogens is 2. The lowest BCUT2D eigenvalue weighted by Crippen LogP contribution is -2.35.